The Morgan fingerprint density at radius 2 is 1.93 bits per heavy atom. The summed E-state index contributed by atoms with van der Waals surface area (Å²) in [6, 6.07) is 13.5. The number of halogens is 3. The number of ether oxygens (including phenoxy) is 1. The molecular weight excluding hydrogens is 536 g/mol. The highest BCUT2D eigenvalue weighted by Crippen LogP contribution is 2.29. The number of fused-ring (bicyclic) bond motifs is 1. The Bertz CT molecular complexity index is 1540. The molecule has 1 N–H and O–H groups in total. The van der Waals surface area contributed by atoms with E-state index in [1.807, 2.05) is 31.7 Å². The topological polar surface area (TPSA) is 62.1 Å². The molecule has 2 aromatic heterocycles. The van der Waals surface area contributed by atoms with Crippen molar-refractivity contribution < 1.29 is 18.3 Å². The normalized spacial score (nSPS) is 15.5. The van der Waals surface area contributed by atoms with Gasteiger partial charge in [-0.3, -0.25) is 9.20 Å². The van der Waals surface area contributed by atoms with Crippen LogP contribution in [0, 0.1) is 11.6 Å². The van der Waals surface area contributed by atoms with Gasteiger partial charge in [0.15, 0.2) is 0 Å². The third-order valence-electron chi connectivity index (χ3n) is 7.21. The summed E-state index contributed by atoms with van der Waals surface area (Å²) in [6.45, 7) is 8.14. The van der Waals surface area contributed by atoms with Crippen molar-refractivity contribution in [3.63, 3.8) is 0 Å². The van der Waals surface area contributed by atoms with Crippen LogP contribution < -0.4 is 19.9 Å². The molecule has 1 saturated heterocycles. The lowest BCUT2D eigenvalue weighted by molar-refractivity contribution is 0.0943. The fourth-order valence-electron chi connectivity index (χ4n) is 5.22. The molecule has 0 saturated carbocycles. The summed E-state index contributed by atoms with van der Waals surface area (Å²) in [6.07, 6.45) is 2.22. The minimum Gasteiger partial charge on any atom is -0.494 e. The van der Waals surface area contributed by atoms with E-state index in [1.54, 1.807) is 40.9 Å². The standard InChI is InChI=1S/C30H32ClF2N5O2/c1-4-26-29(38-18-21(31)7-11-28(38)35-26)30(39)34-16-20-6-8-22(14-24(20)32)36-12-13-37(19(3)17-36)27-10-9-23(40-5-2)15-25(27)33/h6-11,14-15,18-19H,4-5,12-13,16-17H2,1-3H3,(H,34,39)/t19-/m0/s1. The zero-order valence-electron chi connectivity index (χ0n) is 22.8. The predicted molar refractivity (Wildman–Crippen MR) is 154 cm³/mol. The molecular formula is C30H32ClF2N5O2. The number of hydrogen-bond donors (Lipinski definition) is 1. The van der Waals surface area contributed by atoms with Crippen molar-refractivity contribution in [2.24, 2.45) is 0 Å². The maximum atomic E-state index is 15.2. The molecule has 1 aliphatic rings. The molecule has 40 heavy (non-hydrogen) atoms. The van der Waals surface area contributed by atoms with E-state index in [4.69, 9.17) is 16.3 Å². The molecule has 1 aliphatic heterocycles. The second-order valence-corrected chi connectivity index (χ2v) is 10.3. The third-order valence-corrected chi connectivity index (χ3v) is 7.44. The van der Waals surface area contributed by atoms with Crippen LogP contribution in [0.3, 0.4) is 0 Å². The van der Waals surface area contributed by atoms with Crippen molar-refractivity contribution in [1.29, 1.82) is 0 Å². The third kappa shape index (κ3) is 5.56. The van der Waals surface area contributed by atoms with Crippen LogP contribution in [-0.2, 0) is 13.0 Å². The summed E-state index contributed by atoms with van der Waals surface area (Å²) in [5, 5.41) is 3.32. The smallest absolute Gasteiger partial charge is 0.270 e. The van der Waals surface area contributed by atoms with Gasteiger partial charge in [0, 0.05) is 55.7 Å². The zero-order valence-corrected chi connectivity index (χ0v) is 23.5. The fraction of sp³-hybridized carbons (Fsp3) is 0.333. The number of anilines is 2. The number of pyridine rings is 1. The highest BCUT2D eigenvalue weighted by Gasteiger charge is 2.27. The van der Waals surface area contributed by atoms with Crippen molar-refractivity contribution in [3.8, 4) is 5.75 Å². The van der Waals surface area contributed by atoms with Gasteiger partial charge in [-0.2, -0.15) is 0 Å². The Hall–Kier alpha value is -3.85. The van der Waals surface area contributed by atoms with Gasteiger partial charge in [0.2, 0.25) is 0 Å². The molecule has 3 heterocycles. The van der Waals surface area contributed by atoms with E-state index in [1.165, 1.54) is 12.1 Å². The quantitative estimate of drug-likeness (QED) is 0.288. The van der Waals surface area contributed by atoms with Crippen LogP contribution >= 0.6 is 11.6 Å². The number of rotatable bonds is 8. The summed E-state index contributed by atoms with van der Waals surface area (Å²) in [5.74, 6) is -0.554. The second kappa shape index (κ2) is 11.7. The lowest BCUT2D eigenvalue weighted by Crippen LogP contribution is -2.52. The molecule has 2 aromatic carbocycles. The molecule has 5 rings (SSSR count). The molecule has 210 valence electrons. The lowest BCUT2D eigenvalue weighted by Gasteiger charge is -2.42. The van der Waals surface area contributed by atoms with E-state index >= 15 is 4.39 Å². The van der Waals surface area contributed by atoms with E-state index in [0.717, 1.165) is 5.69 Å². The minimum atomic E-state index is -0.401. The molecule has 10 heteroatoms. The number of nitrogens with zero attached hydrogens (tertiary/aromatic N) is 4. The highest BCUT2D eigenvalue weighted by atomic mass is 35.5. The number of benzene rings is 2. The maximum absolute atomic E-state index is 15.2. The molecule has 0 aliphatic carbocycles. The van der Waals surface area contributed by atoms with Crippen molar-refractivity contribution in [2.75, 3.05) is 36.0 Å². The Balaban J connectivity index is 1.24. The molecule has 1 fully saturated rings. The van der Waals surface area contributed by atoms with Crippen LogP contribution in [0.2, 0.25) is 5.02 Å². The number of hydrogen-bond acceptors (Lipinski definition) is 5. The number of nitrogens with one attached hydrogen (secondary N) is 1. The predicted octanol–water partition coefficient (Wildman–Crippen LogP) is 5.87. The van der Waals surface area contributed by atoms with Gasteiger partial charge >= 0.3 is 0 Å². The molecule has 1 amide bonds. The van der Waals surface area contributed by atoms with Crippen LogP contribution in [0.4, 0.5) is 20.2 Å². The Kier molecular flexibility index (Phi) is 8.12. The first kappa shape index (κ1) is 27.7. The van der Waals surface area contributed by atoms with E-state index in [-0.39, 0.29) is 24.3 Å². The molecule has 4 aromatic rings. The monoisotopic (exact) mass is 567 g/mol. The lowest BCUT2D eigenvalue weighted by atomic mass is 10.1. The molecule has 0 radical (unpaired) electrons. The molecule has 7 nitrogen and oxygen atoms in total. The number of carbonyl (C=O) groups excluding carboxylic acids is 1. The molecule has 0 unspecified atom stereocenters. The van der Waals surface area contributed by atoms with Gasteiger partial charge in [-0.15, -0.1) is 0 Å². The van der Waals surface area contributed by atoms with Gasteiger partial charge in [-0.25, -0.2) is 13.8 Å². The van der Waals surface area contributed by atoms with Crippen LogP contribution in [0.1, 0.15) is 42.5 Å². The van der Waals surface area contributed by atoms with Crippen molar-refractivity contribution >= 4 is 34.5 Å². The highest BCUT2D eigenvalue weighted by molar-refractivity contribution is 6.30. The van der Waals surface area contributed by atoms with Crippen LogP contribution in [0.15, 0.2) is 54.7 Å². The minimum absolute atomic E-state index is 0.00922. The average molecular weight is 568 g/mol. The van der Waals surface area contributed by atoms with Gasteiger partial charge in [-0.1, -0.05) is 24.6 Å². The first-order chi connectivity index (χ1) is 19.3. The van der Waals surface area contributed by atoms with Gasteiger partial charge in [0.25, 0.3) is 5.91 Å². The van der Waals surface area contributed by atoms with Gasteiger partial charge in [0.1, 0.15) is 28.7 Å². The number of imidazole rings is 1. The Morgan fingerprint density at radius 3 is 2.62 bits per heavy atom. The van der Waals surface area contributed by atoms with Crippen LogP contribution in [0.5, 0.6) is 5.75 Å². The van der Waals surface area contributed by atoms with Crippen LogP contribution in [-0.4, -0.2) is 47.6 Å². The summed E-state index contributed by atoms with van der Waals surface area (Å²) >= 11 is 6.13. The first-order valence-corrected chi connectivity index (χ1v) is 13.8. The van der Waals surface area contributed by atoms with Gasteiger partial charge in [0.05, 0.1) is 23.0 Å². The molecule has 0 spiro atoms. The number of aromatic nitrogens is 2. The summed E-state index contributed by atoms with van der Waals surface area (Å²) in [4.78, 5) is 21.7. The van der Waals surface area contributed by atoms with E-state index in [9.17, 15) is 9.18 Å². The first-order valence-electron chi connectivity index (χ1n) is 13.5. The van der Waals surface area contributed by atoms with Gasteiger partial charge < -0.3 is 19.9 Å². The molecule has 1 atom stereocenters. The Morgan fingerprint density at radius 1 is 1.10 bits per heavy atom. The van der Waals surface area contributed by atoms with Crippen LogP contribution in [0.25, 0.3) is 5.65 Å². The SMILES string of the molecule is CCOc1ccc(N2CCN(c3ccc(CNC(=O)c4c(CC)nc5ccc(Cl)cn45)c(F)c3)C[C@@H]2C)c(F)c1. The fourth-order valence-corrected chi connectivity index (χ4v) is 5.38. The average Bonchev–Trinajstić information content (AvgIpc) is 3.30. The summed E-state index contributed by atoms with van der Waals surface area (Å²) in [5.41, 5.74) is 3.33. The summed E-state index contributed by atoms with van der Waals surface area (Å²) < 4.78 is 37.0. The largest absolute Gasteiger partial charge is 0.494 e. The van der Waals surface area contributed by atoms with E-state index in [2.05, 4.69) is 15.2 Å². The van der Waals surface area contributed by atoms with E-state index < -0.39 is 5.82 Å². The Labute approximate surface area is 237 Å². The maximum Gasteiger partial charge on any atom is 0.270 e. The number of aryl methyl sites for hydroxylation is 1. The van der Waals surface area contributed by atoms with Gasteiger partial charge in [-0.05, 0) is 56.7 Å². The zero-order chi connectivity index (χ0) is 28.4. The van der Waals surface area contributed by atoms with Crippen molar-refractivity contribution in [3.05, 3.63) is 88.3 Å². The second-order valence-electron chi connectivity index (χ2n) is 9.83. The van der Waals surface area contributed by atoms with E-state index in [0.29, 0.717) is 71.7 Å². The van der Waals surface area contributed by atoms with Crippen molar-refractivity contribution in [2.45, 2.75) is 39.8 Å². The summed E-state index contributed by atoms with van der Waals surface area (Å²) in [7, 11) is 0. The molecule has 0 bridgehead atoms. The number of carbonyl (C=O) groups is 1. The van der Waals surface area contributed by atoms with Crippen molar-refractivity contribution in [1.82, 2.24) is 14.7 Å². The number of amides is 1. The number of piperazine rings is 1.